The fourth-order valence-electron chi connectivity index (χ4n) is 4.09. The average Bonchev–Trinajstić information content (AvgIpc) is 3.12. The molecule has 158 valence electrons. The van der Waals surface area contributed by atoms with Crippen molar-refractivity contribution < 1.29 is 22.4 Å². The largest absolute Gasteiger partial charge is 0.433 e. The molecular formula is C20H18F4N4OS. The minimum Gasteiger partial charge on any atom is -0.379 e. The summed E-state index contributed by atoms with van der Waals surface area (Å²) in [6.07, 6.45) is -1.25. The lowest BCUT2D eigenvalue weighted by atomic mass is 9.81. The first-order valence-corrected chi connectivity index (χ1v) is 10.3. The summed E-state index contributed by atoms with van der Waals surface area (Å²) in [6.45, 7) is 0. The van der Waals surface area contributed by atoms with E-state index in [0.717, 1.165) is 36.9 Å². The normalized spacial score (nSPS) is 23.6. The number of aromatic nitrogens is 1. The molecule has 5 nitrogen and oxygen atoms in total. The highest BCUT2D eigenvalue weighted by Gasteiger charge is 2.48. The van der Waals surface area contributed by atoms with Crippen molar-refractivity contribution in [3.8, 4) is 0 Å². The zero-order chi connectivity index (χ0) is 21.5. The number of aliphatic imine (C=N–C) groups is 1. The molecule has 30 heavy (non-hydrogen) atoms. The molecule has 4 rings (SSSR count). The van der Waals surface area contributed by atoms with Gasteiger partial charge < -0.3 is 11.1 Å². The number of hydrogen-bond acceptors (Lipinski definition) is 5. The maximum absolute atomic E-state index is 14.8. The molecule has 10 heteroatoms. The molecule has 1 amide bonds. The van der Waals surface area contributed by atoms with Crippen molar-refractivity contribution in [2.24, 2.45) is 16.6 Å². The van der Waals surface area contributed by atoms with Gasteiger partial charge in [0.15, 0.2) is 5.17 Å². The van der Waals surface area contributed by atoms with E-state index < -0.39 is 29.1 Å². The third kappa shape index (κ3) is 3.76. The number of amides is 1. The third-order valence-corrected chi connectivity index (χ3v) is 6.49. The van der Waals surface area contributed by atoms with Crippen LogP contribution in [0.2, 0.25) is 0 Å². The Balaban J connectivity index is 1.61. The van der Waals surface area contributed by atoms with Crippen molar-refractivity contribution in [3.63, 3.8) is 0 Å². The molecule has 2 aliphatic rings. The van der Waals surface area contributed by atoms with Gasteiger partial charge in [-0.25, -0.2) is 4.39 Å². The maximum atomic E-state index is 14.8. The lowest BCUT2D eigenvalue weighted by Gasteiger charge is -2.36. The van der Waals surface area contributed by atoms with Crippen LogP contribution in [0.1, 0.15) is 40.9 Å². The van der Waals surface area contributed by atoms with Crippen molar-refractivity contribution >= 4 is 28.5 Å². The Morgan fingerprint density at radius 3 is 2.77 bits per heavy atom. The van der Waals surface area contributed by atoms with E-state index in [9.17, 15) is 22.4 Å². The van der Waals surface area contributed by atoms with Crippen LogP contribution in [0.3, 0.4) is 0 Å². The van der Waals surface area contributed by atoms with E-state index in [2.05, 4.69) is 15.3 Å². The smallest absolute Gasteiger partial charge is 0.379 e. The Labute approximate surface area is 174 Å². The van der Waals surface area contributed by atoms with Gasteiger partial charge in [0.2, 0.25) is 0 Å². The van der Waals surface area contributed by atoms with Gasteiger partial charge in [-0.05, 0) is 49.1 Å². The number of pyridine rings is 1. The van der Waals surface area contributed by atoms with Crippen LogP contribution in [-0.2, 0) is 11.7 Å². The Hall–Kier alpha value is -2.62. The number of nitrogens with zero attached hydrogens (tertiary/aromatic N) is 2. The number of hydrogen-bond donors (Lipinski definition) is 2. The van der Waals surface area contributed by atoms with Crippen LogP contribution in [0, 0.1) is 11.7 Å². The van der Waals surface area contributed by atoms with Crippen molar-refractivity contribution in [3.05, 3.63) is 59.2 Å². The number of amidine groups is 1. The van der Waals surface area contributed by atoms with Crippen LogP contribution < -0.4 is 11.1 Å². The Bertz CT molecular complexity index is 1010. The standard InChI is InChI=1S/C20H18F4N4OS/c21-15-5-4-13(27-17(29)11-3-6-16(26-9-11)20(22,23)24)8-14(15)19-7-1-2-12(19)10-30-18(25)28-19/h3-6,8-9,12H,1-2,7,10H2,(H2,25,28)(H,27,29). The number of halogens is 4. The zero-order valence-corrected chi connectivity index (χ0v) is 16.5. The van der Waals surface area contributed by atoms with Gasteiger partial charge in [0, 0.05) is 23.2 Å². The summed E-state index contributed by atoms with van der Waals surface area (Å²) in [4.78, 5) is 20.3. The van der Waals surface area contributed by atoms with Crippen LogP contribution in [0.15, 0.2) is 41.5 Å². The number of benzene rings is 1. The summed E-state index contributed by atoms with van der Waals surface area (Å²) in [5, 5.41) is 3.01. The minimum absolute atomic E-state index is 0.0397. The van der Waals surface area contributed by atoms with E-state index in [0.29, 0.717) is 22.8 Å². The Morgan fingerprint density at radius 1 is 1.27 bits per heavy atom. The molecule has 2 atom stereocenters. The van der Waals surface area contributed by atoms with Crippen molar-refractivity contribution in [2.75, 3.05) is 11.1 Å². The molecular weight excluding hydrogens is 420 g/mol. The molecule has 0 spiro atoms. The Kier molecular flexibility index (Phi) is 5.21. The second kappa shape index (κ2) is 7.57. The first-order chi connectivity index (χ1) is 14.2. The molecule has 2 aromatic rings. The number of rotatable bonds is 3. The monoisotopic (exact) mass is 438 g/mol. The number of fused-ring (bicyclic) bond motifs is 1. The number of nitrogens with two attached hydrogens (primary N) is 1. The predicted molar refractivity (Wildman–Crippen MR) is 107 cm³/mol. The number of carbonyl (C=O) groups excluding carboxylic acids is 1. The molecule has 2 heterocycles. The fraction of sp³-hybridized carbons (Fsp3) is 0.350. The maximum Gasteiger partial charge on any atom is 0.433 e. The molecule has 2 unspecified atom stereocenters. The van der Waals surface area contributed by atoms with Crippen LogP contribution in [0.25, 0.3) is 0 Å². The van der Waals surface area contributed by atoms with E-state index in [1.807, 2.05) is 0 Å². The molecule has 1 aromatic carbocycles. The summed E-state index contributed by atoms with van der Waals surface area (Å²) >= 11 is 1.46. The summed E-state index contributed by atoms with van der Waals surface area (Å²) in [5.41, 5.74) is 4.75. The molecule has 0 radical (unpaired) electrons. The minimum atomic E-state index is -4.58. The van der Waals surface area contributed by atoms with Gasteiger partial charge in [-0.2, -0.15) is 13.2 Å². The molecule has 1 aliphatic heterocycles. The van der Waals surface area contributed by atoms with Crippen molar-refractivity contribution in [1.29, 1.82) is 0 Å². The first kappa shape index (κ1) is 20.6. The summed E-state index contributed by atoms with van der Waals surface area (Å²) < 4.78 is 52.7. The van der Waals surface area contributed by atoms with Gasteiger partial charge in [-0.3, -0.25) is 14.8 Å². The van der Waals surface area contributed by atoms with Crippen LogP contribution >= 0.6 is 11.8 Å². The molecule has 0 bridgehead atoms. The van der Waals surface area contributed by atoms with Gasteiger partial charge in [0.25, 0.3) is 5.91 Å². The highest BCUT2D eigenvalue weighted by atomic mass is 32.2. The van der Waals surface area contributed by atoms with E-state index in [1.54, 1.807) is 0 Å². The summed E-state index contributed by atoms with van der Waals surface area (Å²) in [5.74, 6) is -0.173. The number of nitrogens with one attached hydrogen (secondary N) is 1. The number of carbonyl (C=O) groups is 1. The van der Waals surface area contributed by atoms with Gasteiger partial charge >= 0.3 is 6.18 Å². The fourth-order valence-corrected chi connectivity index (χ4v) is 5.13. The van der Waals surface area contributed by atoms with Crippen LogP contribution in [0.5, 0.6) is 0 Å². The van der Waals surface area contributed by atoms with E-state index in [4.69, 9.17) is 5.73 Å². The van der Waals surface area contributed by atoms with Crippen molar-refractivity contribution in [2.45, 2.75) is 31.0 Å². The number of alkyl halides is 3. The molecule has 1 saturated carbocycles. The SMILES string of the molecule is NC1=NC2(c3cc(NC(=O)c4ccc(C(F)(F)F)nc4)ccc3F)CCCC2CS1. The summed E-state index contributed by atoms with van der Waals surface area (Å²) in [7, 11) is 0. The average molecular weight is 438 g/mol. The highest BCUT2D eigenvalue weighted by molar-refractivity contribution is 8.13. The van der Waals surface area contributed by atoms with Crippen LogP contribution in [0.4, 0.5) is 23.2 Å². The summed E-state index contributed by atoms with van der Waals surface area (Å²) in [6, 6.07) is 5.98. The quantitative estimate of drug-likeness (QED) is 0.689. The lowest BCUT2D eigenvalue weighted by molar-refractivity contribution is -0.141. The van der Waals surface area contributed by atoms with Gasteiger partial charge in [0.05, 0.1) is 11.1 Å². The van der Waals surface area contributed by atoms with Crippen LogP contribution in [-0.4, -0.2) is 21.8 Å². The topological polar surface area (TPSA) is 80.4 Å². The molecule has 1 aromatic heterocycles. The highest BCUT2D eigenvalue weighted by Crippen LogP contribution is 2.51. The third-order valence-electron chi connectivity index (χ3n) is 5.53. The van der Waals surface area contributed by atoms with E-state index in [-0.39, 0.29) is 11.5 Å². The predicted octanol–water partition coefficient (Wildman–Crippen LogP) is 4.55. The first-order valence-electron chi connectivity index (χ1n) is 9.32. The number of thioether (sulfide) groups is 1. The zero-order valence-electron chi connectivity index (χ0n) is 15.7. The molecule has 3 N–H and O–H groups in total. The van der Waals surface area contributed by atoms with E-state index >= 15 is 0 Å². The van der Waals surface area contributed by atoms with Crippen molar-refractivity contribution in [1.82, 2.24) is 4.98 Å². The van der Waals surface area contributed by atoms with Gasteiger partial charge in [-0.15, -0.1) is 0 Å². The lowest BCUT2D eigenvalue weighted by Crippen LogP contribution is -2.37. The van der Waals surface area contributed by atoms with Gasteiger partial charge in [0.1, 0.15) is 11.5 Å². The van der Waals surface area contributed by atoms with E-state index in [1.165, 1.54) is 30.0 Å². The molecule has 1 fully saturated rings. The van der Waals surface area contributed by atoms with Gasteiger partial charge in [-0.1, -0.05) is 18.2 Å². The Morgan fingerprint density at radius 2 is 2.07 bits per heavy atom. The molecule has 0 saturated heterocycles. The second-order valence-electron chi connectivity index (χ2n) is 7.35. The second-order valence-corrected chi connectivity index (χ2v) is 8.39. The number of anilines is 1. The molecule has 1 aliphatic carbocycles.